The van der Waals surface area contributed by atoms with Crippen LogP contribution in [0.4, 0.5) is 18.9 Å². The van der Waals surface area contributed by atoms with Gasteiger partial charge in [0.15, 0.2) is 17.5 Å². The lowest BCUT2D eigenvalue weighted by atomic mass is 9.95. The van der Waals surface area contributed by atoms with Crippen LogP contribution in [-0.4, -0.2) is 12.5 Å². The number of hydrogen-bond donors (Lipinski definition) is 2. The van der Waals surface area contributed by atoms with Gasteiger partial charge < -0.3 is 11.1 Å². The Morgan fingerprint density at radius 1 is 1.26 bits per heavy atom. The van der Waals surface area contributed by atoms with E-state index in [-0.39, 0.29) is 23.4 Å². The summed E-state index contributed by atoms with van der Waals surface area (Å²) < 4.78 is 38.8. The van der Waals surface area contributed by atoms with Crippen molar-refractivity contribution in [3.8, 4) is 0 Å². The highest BCUT2D eigenvalue weighted by Crippen LogP contribution is 2.32. The molecule has 2 unspecified atom stereocenters. The zero-order valence-electron chi connectivity index (χ0n) is 10.3. The normalized spacial score (nSPS) is 22.5. The summed E-state index contributed by atoms with van der Waals surface area (Å²) >= 11 is 0. The lowest BCUT2D eigenvalue weighted by Crippen LogP contribution is -2.29. The van der Waals surface area contributed by atoms with Crippen molar-refractivity contribution in [2.24, 2.45) is 17.6 Å². The summed E-state index contributed by atoms with van der Waals surface area (Å²) in [6.07, 6.45) is 2.49. The average Bonchev–Trinajstić information content (AvgIpc) is 2.84. The Bertz CT molecular complexity index is 470. The van der Waals surface area contributed by atoms with Crippen molar-refractivity contribution in [3.05, 3.63) is 29.6 Å². The molecule has 1 saturated carbocycles. The van der Waals surface area contributed by atoms with E-state index in [4.69, 9.17) is 5.73 Å². The molecule has 3 nitrogen and oxygen atoms in total. The number of anilines is 1. The van der Waals surface area contributed by atoms with Gasteiger partial charge in [0.2, 0.25) is 5.91 Å². The fourth-order valence-electron chi connectivity index (χ4n) is 2.53. The molecular weight excluding hydrogens is 257 g/mol. The van der Waals surface area contributed by atoms with Crippen LogP contribution in [-0.2, 0) is 4.79 Å². The van der Waals surface area contributed by atoms with Crippen LogP contribution in [0.2, 0.25) is 0 Å². The molecule has 19 heavy (non-hydrogen) atoms. The summed E-state index contributed by atoms with van der Waals surface area (Å²) in [5, 5.41) is 2.42. The van der Waals surface area contributed by atoms with Crippen molar-refractivity contribution < 1.29 is 18.0 Å². The maximum Gasteiger partial charge on any atom is 0.227 e. The third kappa shape index (κ3) is 2.89. The number of benzene rings is 1. The number of halogens is 3. The molecule has 1 aromatic carbocycles. The zero-order chi connectivity index (χ0) is 14.0. The molecule has 1 aliphatic rings. The summed E-state index contributed by atoms with van der Waals surface area (Å²) in [4.78, 5) is 12.0. The van der Waals surface area contributed by atoms with E-state index in [0.717, 1.165) is 25.0 Å². The van der Waals surface area contributed by atoms with Gasteiger partial charge in [0.25, 0.3) is 0 Å². The first-order chi connectivity index (χ1) is 9.02. The Hall–Kier alpha value is -1.56. The van der Waals surface area contributed by atoms with Gasteiger partial charge >= 0.3 is 0 Å². The quantitative estimate of drug-likeness (QED) is 0.830. The largest absolute Gasteiger partial charge is 0.330 e. The second kappa shape index (κ2) is 5.61. The maximum absolute atomic E-state index is 13.0. The first-order valence-corrected chi connectivity index (χ1v) is 6.18. The van der Waals surface area contributed by atoms with Crippen LogP contribution in [0.1, 0.15) is 19.3 Å². The third-order valence-electron chi connectivity index (χ3n) is 3.55. The van der Waals surface area contributed by atoms with Gasteiger partial charge in [-0.05, 0) is 25.3 Å². The molecule has 0 bridgehead atoms. The molecule has 0 radical (unpaired) electrons. The lowest BCUT2D eigenvalue weighted by molar-refractivity contribution is -0.120. The van der Waals surface area contributed by atoms with Crippen LogP contribution in [0.25, 0.3) is 0 Å². The van der Waals surface area contributed by atoms with Gasteiger partial charge in [0.1, 0.15) is 0 Å². The van der Waals surface area contributed by atoms with Crippen LogP contribution < -0.4 is 11.1 Å². The predicted molar refractivity (Wildman–Crippen MR) is 64.8 cm³/mol. The Morgan fingerprint density at radius 2 is 1.89 bits per heavy atom. The summed E-state index contributed by atoms with van der Waals surface area (Å²) in [7, 11) is 0. The molecule has 0 spiro atoms. The molecule has 3 N–H and O–H groups in total. The van der Waals surface area contributed by atoms with E-state index >= 15 is 0 Å². The van der Waals surface area contributed by atoms with Crippen molar-refractivity contribution in [1.29, 1.82) is 0 Å². The summed E-state index contributed by atoms with van der Waals surface area (Å²) in [6, 6.07) is 1.53. The van der Waals surface area contributed by atoms with Gasteiger partial charge in [-0.2, -0.15) is 0 Å². The van der Waals surface area contributed by atoms with Crippen LogP contribution in [0.3, 0.4) is 0 Å². The fourth-order valence-corrected chi connectivity index (χ4v) is 2.53. The van der Waals surface area contributed by atoms with Crippen LogP contribution in [0.15, 0.2) is 12.1 Å². The molecule has 2 atom stereocenters. The van der Waals surface area contributed by atoms with Crippen molar-refractivity contribution in [2.45, 2.75) is 19.3 Å². The molecular formula is C13H15F3N2O. The third-order valence-corrected chi connectivity index (χ3v) is 3.55. The van der Waals surface area contributed by atoms with Crippen molar-refractivity contribution in [3.63, 3.8) is 0 Å². The molecule has 0 aromatic heterocycles. The van der Waals surface area contributed by atoms with Crippen molar-refractivity contribution >= 4 is 11.6 Å². The number of carbonyl (C=O) groups excluding carboxylic acids is 1. The van der Waals surface area contributed by atoms with Crippen LogP contribution in [0.5, 0.6) is 0 Å². The second-order valence-electron chi connectivity index (χ2n) is 4.78. The van der Waals surface area contributed by atoms with E-state index in [1.807, 2.05) is 0 Å². The van der Waals surface area contributed by atoms with Crippen molar-refractivity contribution in [2.75, 3.05) is 11.9 Å². The predicted octanol–water partition coefficient (Wildman–Crippen LogP) is 2.42. The van der Waals surface area contributed by atoms with Gasteiger partial charge in [-0.1, -0.05) is 6.42 Å². The number of hydrogen-bond acceptors (Lipinski definition) is 2. The van der Waals surface area contributed by atoms with Gasteiger partial charge in [-0.3, -0.25) is 4.79 Å². The molecule has 0 heterocycles. The highest BCUT2D eigenvalue weighted by Gasteiger charge is 2.32. The molecule has 1 fully saturated rings. The standard InChI is InChI=1S/C13H15F3N2O/c14-10-4-8(5-11(15)12(10)16)18-13(19)9-3-1-2-7(9)6-17/h4-5,7,9H,1-3,6,17H2,(H,18,19). The Morgan fingerprint density at radius 3 is 2.47 bits per heavy atom. The molecule has 2 rings (SSSR count). The average molecular weight is 272 g/mol. The molecule has 104 valence electrons. The minimum Gasteiger partial charge on any atom is -0.330 e. The Kier molecular flexibility index (Phi) is 4.09. The topological polar surface area (TPSA) is 55.1 Å². The van der Waals surface area contributed by atoms with Gasteiger partial charge in [0, 0.05) is 23.7 Å². The van der Waals surface area contributed by atoms with Gasteiger partial charge in [0.05, 0.1) is 0 Å². The number of rotatable bonds is 3. The SMILES string of the molecule is NCC1CCCC1C(=O)Nc1cc(F)c(F)c(F)c1. The first-order valence-electron chi connectivity index (χ1n) is 6.18. The minimum absolute atomic E-state index is 0.0796. The van der Waals surface area contributed by atoms with E-state index in [1.165, 1.54) is 0 Å². The zero-order valence-corrected chi connectivity index (χ0v) is 10.3. The van der Waals surface area contributed by atoms with E-state index in [9.17, 15) is 18.0 Å². The van der Waals surface area contributed by atoms with E-state index in [1.54, 1.807) is 0 Å². The highest BCUT2D eigenvalue weighted by molar-refractivity contribution is 5.92. The summed E-state index contributed by atoms with van der Waals surface area (Å²) in [5.74, 6) is -4.66. The van der Waals surface area contributed by atoms with Crippen LogP contribution >= 0.6 is 0 Å². The van der Waals surface area contributed by atoms with Crippen LogP contribution in [0, 0.1) is 29.3 Å². The van der Waals surface area contributed by atoms with Gasteiger partial charge in [-0.15, -0.1) is 0 Å². The molecule has 1 aromatic rings. The van der Waals surface area contributed by atoms with E-state index in [2.05, 4.69) is 5.32 Å². The molecule has 1 aliphatic carbocycles. The minimum atomic E-state index is -1.54. The van der Waals surface area contributed by atoms with Crippen molar-refractivity contribution in [1.82, 2.24) is 0 Å². The molecule has 6 heteroatoms. The number of nitrogens with one attached hydrogen (secondary N) is 1. The molecule has 1 amide bonds. The Balaban J connectivity index is 2.11. The highest BCUT2D eigenvalue weighted by atomic mass is 19.2. The first kappa shape index (κ1) is 13.9. The summed E-state index contributed by atoms with van der Waals surface area (Å²) in [5.41, 5.74) is 5.49. The fraction of sp³-hybridized carbons (Fsp3) is 0.462. The summed E-state index contributed by atoms with van der Waals surface area (Å²) in [6.45, 7) is 0.407. The van der Waals surface area contributed by atoms with Gasteiger partial charge in [-0.25, -0.2) is 13.2 Å². The Labute approximate surface area is 109 Å². The monoisotopic (exact) mass is 272 g/mol. The van der Waals surface area contributed by atoms with E-state index in [0.29, 0.717) is 13.0 Å². The number of carbonyl (C=O) groups is 1. The maximum atomic E-state index is 13.0. The number of nitrogens with two attached hydrogens (primary N) is 1. The number of amides is 1. The smallest absolute Gasteiger partial charge is 0.227 e. The van der Waals surface area contributed by atoms with E-state index < -0.39 is 17.5 Å². The second-order valence-corrected chi connectivity index (χ2v) is 4.78. The lowest BCUT2D eigenvalue weighted by Gasteiger charge is -2.17. The molecule has 0 aliphatic heterocycles. The molecule has 0 saturated heterocycles.